The third-order valence-corrected chi connectivity index (χ3v) is 5.76. The number of hydrogen-bond acceptors (Lipinski definition) is 8. The number of pyridine rings is 1. The standard InChI is InChI=1S/C26H25FN6O3/c27-21-7-3-1-5-17(21)14-33-22-8-4-2-6-20(22)24(32-33)26-29-13-23(36-16-19(35)15-34)25(31-26)30-18-9-11-28-12-10-18/h1,3-5,7-13,19,34-35H,2,6,14-16H2,(H,28,29,30,31)/t19-/m1/s1. The lowest BCUT2D eigenvalue weighted by Gasteiger charge is -2.15. The SMILES string of the molecule is OC[C@@H](O)COc1cnc(-c2nn(Cc3ccccc3F)c3c2CCC=C3)nc1Nc1ccncc1. The van der Waals surface area contributed by atoms with Crippen LogP contribution >= 0.6 is 0 Å². The largest absolute Gasteiger partial charge is 0.485 e. The van der Waals surface area contributed by atoms with E-state index in [0.717, 1.165) is 29.8 Å². The van der Waals surface area contributed by atoms with Crippen LogP contribution in [0.4, 0.5) is 15.9 Å². The number of aliphatic hydroxyl groups excluding tert-OH is 2. The Kier molecular flexibility index (Phi) is 6.96. The van der Waals surface area contributed by atoms with Gasteiger partial charge in [0.1, 0.15) is 24.2 Å². The Balaban J connectivity index is 1.53. The number of anilines is 2. The van der Waals surface area contributed by atoms with Crippen LogP contribution in [-0.4, -0.2) is 54.3 Å². The molecule has 0 aliphatic heterocycles. The Hall–Kier alpha value is -4.15. The highest BCUT2D eigenvalue weighted by Crippen LogP contribution is 2.32. The first-order valence-electron chi connectivity index (χ1n) is 11.6. The second-order valence-corrected chi connectivity index (χ2v) is 8.32. The molecular weight excluding hydrogens is 463 g/mol. The molecule has 0 bridgehead atoms. The fourth-order valence-corrected chi connectivity index (χ4v) is 3.95. The highest BCUT2D eigenvalue weighted by atomic mass is 19.1. The van der Waals surface area contributed by atoms with Gasteiger partial charge in [-0.25, -0.2) is 14.4 Å². The first-order chi connectivity index (χ1) is 17.6. The number of aliphatic hydroxyl groups is 2. The smallest absolute Gasteiger partial charge is 0.182 e. The maximum absolute atomic E-state index is 14.4. The van der Waals surface area contributed by atoms with E-state index in [1.165, 1.54) is 12.3 Å². The predicted molar refractivity (Wildman–Crippen MR) is 132 cm³/mol. The van der Waals surface area contributed by atoms with E-state index < -0.39 is 12.7 Å². The van der Waals surface area contributed by atoms with Crippen molar-refractivity contribution in [3.05, 3.63) is 83.7 Å². The van der Waals surface area contributed by atoms with Gasteiger partial charge in [0.2, 0.25) is 0 Å². The third-order valence-electron chi connectivity index (χ3n) is 5.76. The molecule has 184 valence electrons. The normalized spacial score (nSPS) is 13.3. The zero-order chi connectivity index (χ0) is 24.9. The van der Waals surface area contributed by atoms with Crippen molar-refractivity contribution < 1.29 is 19.3 Å². The number of nitrogens with zero attached hydrogens (tertiary/aromatic N) is 5. The average molecular weight is 489 g/mol. The van der Waals surface area contributed by atoms with Gasteiger partial charge in [-0.3, -0.25) is 9.67 Å². The molecule has 0 amide bonds. The molecule has 5 rings (SSSR count). The Morgan fingerprint density at radius 3 is 2.81 bits per heavy atom. The Morgan fingerprint density at radius 2 is 2.00 bits per heavy atom. The van der Waals surface area contributed by atoms with Crippen molar-refractivity contribution in [1.82, 2.24) is 24.7 Å². The summed E-state index contributed by atoms with van der Waals surface area (Å²) in [6, 6.07) is 10.2. The highest BCUT2D eigenvalue weighted by molar-refractivity contribution is 5.69. The Morgan fingerprint density at radius 1 is 1.17 bits per heavy atom. The molecule has 1 aliphatic carbocycles. The highest BCUT2D eigenvalue weighted by Gasteiger charge is 2.23. The number of halogens is 1. The Bertz CT molecular complexity index is 1380. The van der Waals surface area contributed by atoms with Gasteiger partial charge in [0, 0.05) is 29.2 Å². The van der Waals surface area contributed by atoms with Crippen molar-refractivity contribution in [2.75, 3.05) is 18.5 Å². The van der Waals surface area contributed by atoms with Crippen LogP contribution in [0.5, 0.6) is 5.75 Å². The number of allylic oxidation sites excluding steroid dienone is 1. The molecule has 0 fully saturated rings. The van der Waals surface area contributed by atoms with Crippen LogP contribution in [0.15, 0.2) is 61.1 Å². The third kappa shape index (κ3) is 5.09. The fourth-order valence-electron chi connectivity index (χ4n) is 3.95. The van der Waals surface area contributed by atoms with Gasteiger partial charge < -0.3 is 20.3 Å². The molecule has 9 nitrogen and oxygen atoms in total. The van der Waals surface area contributed by atoms with E-state index in [2.05, 4.69) is 21.4 Å². The molecule has 36 heavy (non-hydrogen) atoms. The van der Waals surface area contributed by atoms with E-state index in [1.807, 2.05) is 6.08 Å². The van der Waals surface area contributed by atoms with Gasteiger partial charge in [-0.2, -0.15) is 5.10 Å². The van der Waals surface area contributed by atoms with Crippen molar-refractivity contribution in [3.8, 4) is 17.3 Å². The number of benzene rings is 1. The zero-order valence-corrected chi connectivity index (χ0v) is 19.4. The van der Waals surface area contributed by atoms with Gasteiger partial charge in [0.15, 0.2) is 17.4 Å². The van der Waals surface area contributed by atoms with E-state index in [4.69, 9.17) is 19.9 Å². The summed E-state index contributed by atoms with van der Waals surface area (Å²) in [7, 11) is 0. The van der Waals surface area contributed by atoms with Crippen molar-refractivity contribution in [2.24, 2.45) is 0 Å². The van der Waals surface area contributed by atoms with Crippen molar-refractivity contribution >= 4 is 17.6 Å². The quantitative estimate of drug-likeness (QED) is 0.328. The maximum Gasteiger partial charge on any atom is 0.182 e. The van der Waals surface area contributed by atoms with E-state index in [0.29, 0.717) is 28.6 Å². The van der Waals surface area contributed by atoms with Gasteiger partial charge in [0.25, 0.3) is 0 Å². The van der Waals surface area contributed by atoms with Gasteiger partial charge in [-0.05, 0) is 37.1 Å². The van der Waals surface area contributed by atoms with Crippen molar-refractivity contribution in [2.45, 2.75) is 25.5 Å². The molecule has 10 heteroatoms. The summed E-state index contributed by atoms with van der Waals surface area (Å²) in [4.78, 5) is 13.2. The molecule has 1 aliphatic rings. The molecule has 3 aromatic heterocycles. The second-order valence-electron chi connectivity index (χ2n) is 8.32. The lowest BCUT2D eigenvalue weighted by Crippen LogP contribution is -2.21. The topological polar surface area (TPSA) is 118 Å². The molecule has 0 radical (unpaired) electrons. The average Bonchev–Trinajstić information content (AvgIpc) is 3.28. The summed E-state index contributed by atoms with van der Waals surface area (Å²) in [5.74, 6) is 0.790. The summed E-state index contributed by atoms with van der Waals surface area (Å²) in [6.45, 7) is -0.269. The van der Waals surface area contributed by atoms with Crippen LogP contribution in [-0.2, 0) is 13.0 Å². The molecule has 1 atom stereocenters. The summed E-state index contributed by atoms with van der Waals surface area (Å²) >= 11 is 0. The van der Waals surface area contributed by atoms with Gasteiger partial charge in [-0.15, -0.1) is 0 Å². The number of aromatic nitrogens is 5. The molecule has 0 unspecified atom stereocenters. The fraction of sp³-hybridized carbons (Fsp3) is 0.231. The summed E-state index contributed by atoms with van der Waals surface area (Å²) in [5.41, 5.74) is 3.79. The van der Waals surface area contributed by atoms with Gasteiger partial charge in [-0.1, -0.05) is 24.3 Å². The summed E-state index contributed by atoms with van der Waals surface area (Å²) < 4.78 is 21.8. The number of hydrogen-bond donors (Lipinski definition) is 3. The van der Waals surface area contributed by atoms with Crippen LogP contribution in [0.2, 0.25) is 0 Å². The zero-order valence-electron chi connectivity index (χ0n) is 19.4. The molecule has 0 spiro atoms. The minimum Gasteiger partial charge on any atom is -0.485 e. The first kappa shape index (κ1) is 23.6. The first-order valence-corrected chi connectivity index (χ1v) is 11.6. The summed E-state index contributed by atoms with van der Waals surface area (Å²) in [6.07, 6.45) is 9.46. The number of nitrogens with one attached hydrogen (secondary N) is 1. The Labute approximate surface area is 207 Å². The molecule has 0 saturated carbocycles. The second kappa shape index (κ2) is 10.6. The van der Waals surface area contributed by atoms with Gasteiger partial charge >= 0.3 is 0 Å². The van der Waals surface area contributed by atoms with Crippen LogP contribution in [0.1, 0.15) is 23.2 Å². The van der Waals surface area contributed by atoms with Crippen LogP contribution in [0.3, 0.4) is 0 Å². The molecule has 3 heterocycles. The number of ether oxygens (including phenoxy) is 1. The number of rotatable bonds is 9. The molecule has 4 aromatic rings. The molecule has 0 saturated heterocycles. The minimum absolute atomic E-state index is 0.123. The lowest BCUT2D eigenvalue weighted by molar-refractivity contribution is 0.0536. The van der Waals surface area contributed by atoms with Crippen LogP contribution in [0, 0.1) is 5.82 Å². The number of fused-ring (bicyclic) bond motifs is 1. The molecule has 3 N–H and O–H groups in total. The lowest BCUT2D eigenvalue weighted by atomic mass is 10.0. The molecule has 1 aromatic carbocycles. The minimum atomic E-state index is -1.04. The van der Waals surface area contributed by atoms with E-state index in [1.54, 1.807) is 47.4 Å². The predicted octanol–water partition coefficient (Wildman–Crippen LogP) is 3.36. The monoisotopic (exact) mass is 488 g/mol. The van der Waals surface area contributed by atoms with Gasteiger partial charge in [0.05, 0.1) is 25.0 Å². The van der Waals surface area contributed by atoms with Crippen molar-refractivity contribution in [3.63, 3.8) is 0 Å². The summed E-state index contributed by atoms with van der Waals surface area (Å²) in [5, 5.41) is 26.8. The van der Waals surface area contributed by atoms with E-state index in [-0.39, 0.29) is 19.0 Å². The van der Waals surface area contributed by atoms with E-state index in [9.17, 15) is 9.50 Å². The molecular formula is C26H25FN6O3. The maximum atomic E-state index is 14.4. The van der Waals surface area contributed by atoms with Crippen LogP contribution in [0.25, 0.3) is 17.6 Å². The van der Waals surface area contributed by atoms with Crippen LogP contribution < -0.4 is 10.1 Å². The van der Waals surface area contributed by atoms with E-state index >= 15 is 0 Å². The van der Waals surface area contributed by atoms with Crippen molar-refractivity contribution in [1.29, 1.82) is 0 Å².